The van der Waals surface area contributed by atoms with Crippen molar-refractivity contribution in [2.24, 2.45) is 5.92 Å². The second-order valence-corrected chi connectivity index (χ2v) is 9.99. The minimum absolute atomic E-state index is 0.0322. The fourth-order valence-electron chi connectivity index (χ4n) is 4.19. The normalized spacial score (nSPS) is 19.8. The maximum atomic E-state index is 14.6. The van der Waals surface area contributed by atoms with Crippen LogP contribution in [0.4, 0.5) is 27.9 Å². The number of nitrogens with zero attached hydrogens (tertiary/aromatic N) is 5. The summed E-state index contributed by atoms with van der Waals surface area (Å²) in [6.07, 6.45) is -3.76. The number of alkyl halides is 5. The van der Waals surface area contributed by atoms with Gasteiger partial charge in [-0.05, 0) is 31.9 Å². The number of nitrogens with one attached hydrogen (secondary N) is 1. The summed E-state index contributed by atoms with van der Waals surface area (Å²) in [6.45, 7) is 4.28. The summed E-state index contributed by atoms with van der Waals surface area (Å²) in [5, 5.41) is 3.37. The van der Waals surface area contributed by atoms with Crippen LogP contribution in [0.2, 0.25) is 0 Å². The summed E-state index contributed by atoms with van der Waals surface area (Å²) < 4.78 is 67.5. The van der Waals surface area contributed by atoms with E-state index in [0.29, 0.717) is 28.0 Å². The van der Waals surface area contributed by atoms with Crippen molar-refractivity contribution >= 4 is 23.2 Å². The van der Waals surface area contributed by atoms with E-state index >= 15 is 0 Å². The Morgan fingerprint density at radius 2 is 1.89 bits per heavy atom. The molecular formula is C23H23F5N6OS. The zero-order valence-corrected chi connectivity index (χ0v) is 20.4. The van der Waals surface area contributed by atoms with Gasteiger partial charge < -0.3 is 10.2 Å². The van der Waals surface area contributed by atoms with Crippen LogP contribution in [-0.2, 0) is 6.18 Å². The van der Waals surface area contributed by atoms with Crippen molar-refractivity contribution in [3.63, 3.8) is 0 Å². The highest BCUT2D eigenvalue weighted by Gasteiger charge is 2.47. The summed E-state index contributed by atoms with van der Waals surface area (Å²) >= 11 is 1.25. The lowest BCUT2D eigenvalue weighted by Crippen LogP contribution is -2.57. The average Bonchev–Trinajstić information content (AvgIpc) is 3.18. The number of likely N-dealkylation sites (tertiary alicyclic amines) is 1. The molecule has 36 heavy (non-hydrogen) atoms. The van der Waals surface area contributed by atoms with E-state index in [1.165, 1.54) is 11.3 Å². The zero-order chi connectivity index (χ0) is 26.3. The topological polar surface area (TPSA) is 83.9 Å². The minimum atomic E-state index is -4.58. The molecule has 4 rings (SSSR count). The Kier molecular flexibility index (Phi) is 6.95. The number of aromatic nitrogens is 4. The van der Waals surface area contributed by atoms with E-state index in [0.717, 1.165) is 10.6 Å². The summed E-state index contributed by atoms with van der Waals surface area (Å²) in [4.78, 5) is 31.3. The van der Waals surface area contributed by atoms with Crippen molar-refractivity contribution < 1.29 is 26.7 Å². The van der Waals surface area contributed by atoms with E-state index in [9.17, 15) is 26.7 Å². The molecule has 7 nitrogen and oxygen atoms in total. The highest BCUT2D eigenvalue weighted by molar-refractivity contribution is 7.15. The predicted molar refractivity (Wildman–Crippen MR) is 124 cm³/mol. The van der Waals surface area contributed by atoms with Gasteiger partial charge in [-0.1, -0.05) is 13.0 Å². The second kappa shape index (κ2) is 9.68. The molecule has 0 aromatic carbocycles. The fourth-order valence-corrected chi connectivity index (χ4v) is 5.07. The van der Waals surface area contributed by atoms with Gasteiger partial charge in [-0.25, -0.2) is 23.7 Å². The van der Waals surface area contributed by atoms with Crippen molar-refractivity contribution in [2.45, 2.75) is 45.3 Å². The molecule has 1 fully saturated rings. The second-order valence-electron chi connectivity index (χ2n) is 8.79. The van der Waals surface area contributed by atoms with Crippen LogP contribution < -0.4 is 5.32 Å². The van der Waals surface area contributed by atoms with Gasteiger partial charge in [0.25, 0.3) is 11.8 Å². The van der Waals surface area contributed by atoms with Crippen molar-refractivity contribution in [3.8, 4) is 10.6 Å². The number of thiazole rings is 1. The molecule has 3 aromatic heterocycles. The van der Waals surface area contributed by atoms with Crippen LogP contribution in [0.1, 0.15) is 40.1 Å². The highest BCUT2D eigenvalue weighted by atomic mass is 32.1. The first kappa shape index (κ1) is 25.9. The smallest absolute Gasteiger partial charge is 0.352 e. The third kappa shape index (κ3) is 5.61. The van der Waals surface area contributed by atoms with Gasteiger partial charge in [0.1, 0.15) is 5.69 Å². The third-order valence-corrected chi connectivity index (χ3v) is 6.84. The summed E-state index contributed by atoms with van der Waals surface area (Å²) in [5.74, 6) is -4.50. The van der Waals surface area contributed by atoms with Gasteiger partial charge in [-0.3, -0.25) is 9.78 Å². The molecule has 2 unspecified atom stereocenters. The number of rotatable bonds is 5. The van der Waals surface area contributed by atoms with Gasteiger partial charge in [0.05, 0.1) is 33.7 Å². The lowest BCUT2D eigenvalue weighted by Gasteiger charge is -2.43. The highest BCUT2D eigenvalue weighted by Crippen LogP contribution is 2.37. The number of aryl methyl sites for hydroxylation is 2. The van der Waals surface area contributed by atoms with Crippen molar-refractivity contribution in [1.29, 1.82) is 0 Å². The Morgan fingerprint density at radius 1 is 1.19 bits per heavy atom. The Balaban J connectivity index is 1.61. The number of anilines is 1. The number of carbonyl (C=O) groups is 1. The number of amides is 1. The lowest BCUT2D eigenvalue weighted by atomic mass is 9.88. The lowest BCUT2D eigenvalue weighted by molar-refractivity contribution is -0.138. The Labute approximate surface area is 207 Å². The Morgan fingerprint density at radius 3 is 2.53 bits per heavy atom. The monoisotopic (exact) mass is 526 g/mol. The number of hydrogen-bond donors (Lipinski definition) is 1. The van der Waals surface area contributed by atoms with Crippen LogP contribution in [0, 0.1) is 19.8 Å². The van der Waals surface area contributed by atoms with Gasteiger partial charge in [0, 0.05) is 31.1 Å². The summed E-state index contributed by atoms with van der Waals surface area (Å²) in [5.41, 5.74) is 0.283. The molecule has 0 radical (unpaired) electrons. The third-order valence-electron chi connectivity index (χ3n) is 5.85. The SMILES string of the molecule is Cc1cccc(-c2sc(C)nc2C(=O)N2CC(F)(F)CC(C)C2CNc2ncc(C(F)(F)F)cn2)n1. The number of carbonyl (C=O) groups excluding carboxylic acids is 1. The number of piperidine rings is 1. The van der Waals surface area contributed by atoms with Crippen molar-refractivity contribution in [2.75, 3.05) is 18.4 Å². The zero-order valence-electron chi connectivity index (χ0n) is 19.6. The van der Waals surface area contributed by atoms with Crippen LogP contribution in [0.3, 0.4) is 0 Å². The first-order valence-corrected chi connectivity index (χ1v) is 11.9. The average molecular weight is 527 g/mol. The standard InChI is InChI=1S/C23H23F5N6OS/c1-12-7-22(24,25)11-34(17(12)10-31-21-29-8-15(9-30-21)23(26,27)28)20(35)18-19(36-14(3)33-18)16-6-4-5-13(2)32-16/h4-6,8-9,12,17H,7,10-11H2,1-3H3,(H,29,30,31). The summed E-state index contributed by atoms with van der Waals surface area (Å²) in [6, 6.07) is 4.61. The molecule has 1 N–H and O–H groups in total. The Hall–Kier alpha value is -3.22. The van der Waals surface area contributed by atoms with E-state index in [1.807, 2.05) is 0 Å². The molecule has 0 bridgehead atoms. The van der Waals surface area contributed by atoms with Crippen molar-refractivity contribution in [3.05, 3.63) is 52.6 Å². The molecule has 0 spiro atoms. The summed E-state index contributed by atoms with van der Waals surface area (Å²) in [7, 11) is 0. The molecule has 13 heteroatoms. The largest absolute Gasteiger partial charge is 0.419 e. The molecule has 1 saturated heterocycles. The van der Waals surface area contributed by atoms with Gasteiger partial charge in [-0.15, -0.1) is 11.3 Å². The fraction of sp³-hybridized carbons (Fsp3) is 0.435. The molecule has 0 aliphatic carbocycles. The first-order valence-electron chi connectivity index (χ1n) is 11.1. The molecule has 192 valence electrons. The number of hydrogen-bond acceptors (Lipinski definition) is 7. The Bertz CT molecular complexity index is 1250. The van der Waals surface area contributed by atoms with E-state index < -0.39 is 48.5 Å². The molecule has 0 saturated carbocycles. The van der Waals surface area contributed by atoms with E-state index in [2.05, 4.69) is 25.3 Å². The van der Waals surface area contributed by atoms with Gasteiger partial charge >= 0.3 is 6.18 Å². The molecule has 1 amide bonds. The van der Waals surface area contributed by atoms with E-state index in [1.54, 1.807) is 39.0 Å². The molecule has 3 aromatic rings. The minimum Gasteiger partial charge on any atom is -0.352 e. The maximum absolute atomic E-state index is 14.6. The maximum Gasteiger partial charge on any atom is 0.419 e. The first-order chi connectivity index (χ1) is 16.8. The number of pyridine rings is 1. The molecule has 1 aliphatic heterocycles. The van der Waals surface area contributed by atoms with Gasteiger partial charge in [-0.2, -0.15) is 13.2 Å². The molecule has 4 heterocycles. The quantitative estimate of drug-likeness (QED) is 0.459. The molecule has 1 aliphatic rings. The van der Waals surface area contributed by atoms with Gasteiger partial charge in [0.2, 0.25) is 5.95 Å². The van der Waals surface area contributed by atoms with E-state index in [4.69, 9.17) is 0 Å². The van der Waals surface area contributed by atoms with E-state index in [-0.39, 0.29) is 18.2 Å². The van der Waals surface area contributed by atoms with Crippen molar-refractivity contribution in [1.82, 2.24) is 24.8 Å². The van der Waals surface area contributed by atoms with Crippen LogP contribution in [0.5, 0.6) is 0 Å². The van der Waals surface area contributed by atoms with Crippen LogP contribution in [0.15, 0.2) is 30.6 Å². The molecular weight excluding hydrogens is 503 g/mol. The van der Waals surface area contributed by atoms with Gasteiger partial charge in [0.15, 0.2) is 0 Å². The number of halogens is 5. The molecule has 2 atom stereocenters. The van der Waals surface area contributed by atoms with Crippen LogP contribution >= 0.6 is 11.3 Å². The van der Waals surface area contributed by atoms with Crippen LogP contribution in [0.25, 0.3) is 10.6 Å². The predicted octanol–water partition coefficient (Wildman–Crippen LogP) is 5.23. The van der Waals surface area contributed by atoms with Crippen LogP contribution in [-0.4, -0.2) is 55.8 Å².